The fourth-order valence-corrected chi connectivity index (χ4v) is 5.16. The molecule has 3 rings (SSSR count). The normalized spacial score (nSPS) is 18.3. The van der Waals surface area contributed by atoms with E-state index in [-0.39, 0.29) is 23.6 Å². The summed E-state index contributed by atoms with van der Waals surface area (Å²) in [4.78, 5) is 28.2. The van der Waals surface area contributed by atoms with Gasteiger partial charge in [-0.2, -0.15) is 4.31 Å². The summed E-state index contributed by atoms with van der Waals surface area (Å²) >= 11 is 0. The molecule has 0 saturated carbocycles. The molecule has 0 bridgehead atoms. The molecule has 0 atom stereocenters. The Morgan fingerprint density at radius 1 is 1.00 bits per heavy atom. The number of rotatable bonds is 4. The van der Waals surface area contributed by atoms with Crippen LogP contribution in [0.25, 0.3) is 0 Å². The first-order chi connectivity index (χ1) is 15.1. The van der Waals surface area contributed by atoms with Crippen molar-refractivity contribution in [3.05, 3.63) is 29.8 Å². The van der Waals surface area contributed by atoms with Crippen molar-refractivity contribution in [1.82, 2.24) is 19.4 Å². The van der Waals surface area contributed by atoms with E-state index in [4.69, 9.17) is 9.47 Å². The summed E-state index contributed by atoms with van der Waals surface area (Å²) in [5.41, 5.74) is -0.0414. The monoisotopic (exact) mass is 468 g/mol. The first kappa shape index (κ1) is 24.3. The highest BCUT2D eigenvalue weighted by molar-refractivity contribution is 7.89. The molecular formula is C21H32N4O6S. The summed E-state index contributed by atoms with van der Waals surface area (Å²) in [6.45, 7) is 8.39. The molecule has 3 amide bonds. The standard InChI is InChI=1S/C21H32N4O6S/c1-21(2,3)31-20(27)24-10-8-23(9-11-24)19(26)22-16-17-6-4-5-7-18(17)32(28,29)25-12-14-30-15-13-25/h4-7H,8-16H2,1-3H3,(H,22,26). The third-order valence-electron chi connectivity index (χ3n) is 5.21. The third-order valence-corrected chi connectivity index (χ3v) is 7.21. The number of morpholine rings is 1. The van der Waals surface area contributed by atoms with Gasteiger partial charge in [0.05, 0.1) is 18.1 Å². The van der Waals surface area contributed by atoms with Crippen molar-refractivity contribution in [2.45, 2.75) is 37.8 Å². The summed E-state index contributed by atoms with van der Waals surface area (Å²) in [6.07, 6.45) is -0.389. The molecule has 2 heterocycles. The van der Waals surface area contributed by atoms with Gasteiger partial charge in [-0.1, -0.05) is 18.2 Å². The van der Waals surface area contributed by atoms with E-state index >= 15 is 0 Å². The highest BCUT2D eigenvalue weighted by atomic mass is 32.2. The Hall–Kier alpha value is -2.37. The third kappa shape index (κ3) is 6.11. The molecule has 11 heteroatoms. The Morgan fingerprint density at radius 3 is 2.22 bits per heavy atom. The van der Waals surface area contributed by atoms with Crippen LogP contribution in [-0.2, 0) is 26.0 Å². The Labute approximate surface area is 189 Å². The predicted octanol–water partition coefficient (Wildman–Crippen LogP) is 1.47. The number of urea groups is 1. The second kappa shape index (κ2) is 10.1. The maximum absolute atomic E-state index is 13.1. The summed E-state index contributed by atoms with van der Waals surface area (Å²) in [6, 6.07) is 6.39. The molecule has 32 heavy (non-hydrogen) atoms. The first-order valence-electron chi connectivity index (χ1n) is 10.7. The van der Waals surface area contributed by atoms with Crippen LogP contribution in [0.15, 0.2) is 29.2 Å². The van der Waals surface area contributed by atoms with Crippen molar-refractivity contribution in [2.24, 2.45) is 0 Å². The molecule has 0 aliphatic carbocycles. The number of benzene rings is 1. The summed E-state index contributed by atoms with van der Waals surface area (Å²) in [5, 5.41) is 2.81. The van der Waals surface area contributed by atoms with Crippen molar-refractivity contribution < 1.29 is 27.5 Å². The minimum absolute atomic E-state index is 0.0882. The SMILES string of the molecule is CC(C)(C)OC(=O)N1CCN(C(=O)NCc2ccccc2S(=O)(=O)N2CCOCC2)CC1. The van der Waals surface area contributed by atoms with Crippen LogP contribution in [0.4, 0.5) is 9.59 Å². The number of ether oxygens (including phenoxy) is 2. The molecule has 0 radical (unpaired) electrons. The lowest BCUT2D eigenvalue weighted by Gasteiger charge is -2.35. The van der Waals surface area contributed by atoms with Crippen molar-refractivity contribution in [3.63, 3.8) is 0 Å². The number of carbonyl (C=O) groups excluding carboxylic acids is 2. The number of piperazine rings is 1. The average Bonchev–Trinajstić information content (AvgIpc) is 2.77. The Balaban J connectivity index is 1.57. The number of hydrogen-bond donors (Lipinski definition) is 1. The average molecular weight is 469 g/mol. The van der Waals surface area contributed by atoms with Crippen LogP contribution in [-0.4, -0.2) is 92.7 Å². The van der Waals surface area contributed by atoms with Crippen LogP contribution < -0.4 is 5.32 Å². The van der Waals surface area contributed by atoms with Gasteiger partial charge in [0.25, 0.3) is 0 Å². The van der Waals surface area contributed by atoms with Crippen LogP contribution in [0.2, 0.25) is 0 Å². The summed E-state index contributed by atoms with van der Waals surface area (Å²) in [5.74, 6) is 0. The number of nitrogens with zero attached hydrogens (tertiary/aromatic N) is 3. The van der Waals surface area contributed by atoms with Crippen LogP contribution in [0.3, 0.4) is 0 Å². The molecule has 178 valence electrons. The topological polar surface area (TPSA) is 108 Å². The summed E-state index contributed by atoms with van der Waals surface area (Å²) < 4.78 is 38.1. The van der Waals surface area contributed by atoms with Crippen molar-refractivity contribution in [2.75, 3.05) is 52.5 Å². The zero-order valence-electron chi connectivity index (χ0n) is 18.9. The minimum atomic E-state index is -3.67. The van der Waals surface area contributed by atoms with Crippen LogP contribution >= 0.6 is 0 Å². The van der Waals surface area contributed by atoms with E-state index in [9.17, 15) is 18.0 Å². The quantitative estimate of drug-likeness (QED) is 0.717. The molecule has 0 unspecified atom stereocenters. The van der Waals surface area contributed by atoms with Crippen molar-refractivity contribution in [1.29, 1.82) is 0 Å². The molecule has 0 spiro atoms. The first-order valence-corrected chi connectivity index (χ1v) is 12.2. The number of hydrogen-bond acceptors (Lipinski definition) is 6. The fourth-order valence-electron chi connectivity index (χ4n) is 3.53. The molecule has 2 fully saturated rings. The molecular weight excluding hydrogens is 436 g/mol. The van der Waals surface area contributed by atoms with Crippen LogP contribution in [0.5, 0.6) is 0 Å². The lowest BCUT2D eigenvalue weighted by Crippen LogP contribution is -2.53. The van der Waals surface area contributed by atoms with Gasteiger partial charge in [0, 0.05) is 45.8 Å². The molecule has 1 aromatic rings. The zero-order chi connectivity index (χ0) is 23.4. The van der Waals surface area contributed by atoms with Crippen molar-refractivity contribution >= 4 is 22.1 Å². The highest BCUT2D eigenvalue weighted by Gasteiger charge is 2.30. The smallest absolute Gasteiger partial charge is 0.410 e. The number of sulfonamides is 1. The van der Waals surface area contributed by atoms with Crippen molar-refractivity contribution in [3.8, 4) is 0 Å². The minimum Gasteiger partial charge on any atom is -0.444 e. The largest absolute Gasteiger partial charge is 0.444 e. The molecule has 2 aliphatic heterocycles. The molecule has 10 nitrogen and oxygen atoms in total. The number of nitrogens with one attached hydrogen (secondary N) is 1. The van der Waals surface area contributed by atoms with Crippen LogP contribution in [0, 0.1) is 0 Å². The van der Waals surface area contributed by atoms with Gasteiger partial charge in [0.2, 0.25) is 10.0 Å². The van der Waals surface area contributed by atoms with E-state index < -0.39 is 15.6 Å². The molecule has 2 saturated heterocycles. The fraction of sp³-hybridized carbons (Fsp3) is 0.619. The number of amides is 3. The molecule has 1 aromatic carbocycles. The van der Waals surface area contributed by atoms with E-state index in [1.54, 1.807) is 34.1 Å². The van der Waals surface area contributed by atoms with E-state index in [0.717, 1.165) is 0 Å². The van der Waals surface area contributed by atoms with Gasteiger partial charge >= 0.3 is 12.1 Å². The maximum atomic E-state index is 13.1. The van der Waals surface area contributed by atoms with Gasteiger partial charge in [-0.05, 0) is 32.4 Å². The lowest BCUT2D eigenvalue weighted by atomic mass is 10.2. The van der Waals surface area contributed by atoms with Gasteiger partial charge in [-0.15, -0.1) is 0 Å². The van der Waals surface area contributed by atoms with E-state index in [1.165, 1.54) is 4.31 Å². The van der Waals surface area contributed by atoms with E-state index in [0.29, 0.717) is 58.0 Å². The van der Waals surface area contributed by atoms with Gasteiger partial charge in [-0.3, -0.25) is 0 Å². The van der Waals surface area contributed by atoms with Gasteiger partial charge < -0.3 is 24.6 Å². The Morgan fingerprint density at radius 2 is 1.59 bits per heavy atom. The number of carbonyl (C=O) groups is 2. The van der Waals surface area contributed by atoms with E-state index in [2.05, 4.69) is 5.32 Å². The maximum Gasteiger partial charge on any atom is 0.410 e. The molecule has 2 aliphatic rings. The second-order valence-corrected chi connectivity index (χ2v) is 10.6. The summed E-state index contributed by atoms with van der Waals surface area (Å²) in [7, 11) is -3.67. The molecule has 0 aromatic heterocycles. The lowest BCUT2D eigenvalue weighted by molar-refractivity contribution is 0.0170. The van der Waals surface area contributed by atoms with Gasteiger partial charge in [-0.25, -0.2) is 18.0 Å². The highest BCUT2D eigenvalue weighted by Crippen LogP contribution is 2.21. The van der Waals surface area contributed by atoms with Crippen LogP contribution in [0.1, 0.15) is 26.3 Å². The molecule has 1 N–H and O–H groups in total. The van der Waals surface area contributed by atoms with E-state index in [1.807, 2.05) is 20.8 Å². The van der Waals surface area contributed by atoms with Gasteiger partial charge in [0.1, 0.15) is 5.60 Å². The Kier molecular flexibility index (Phi) is 7.63. The zero-order valence-corrected chi connectivity index (χ0v) is 19.7. The second-order valence-electron chi connectivity index (χ2n) is 8.74. The van der Waals surface area contributed by atoms with Gasteiger partial charge in [0.15, 0.2) is 0 Å². The Bertz CT molecular complexity index is 916. The predicted molar refractivity (Wildman–Crippen MR) is 118 cm³/mol.